The average molecular weight is 442 g/mol. The Morgan fingerprint density at radius 1 is 0.970 bits per heavy atom. The minimum atomic E-state index is -0.390. The van der Waals surface area contributed by atoms with Crippen molar-refractivity contribution in [1.82, 2.24) is 19.2 Å². The molecule has 0 fully saturated rings. The zero-order chi connectivity index (χ0) is 23.1. The number of rotatable bonds is 5. The minimum Gasteiger partial charge on any atom is -0.486 e. The van der Waals surface area contributed by atoms with Crippen LogP contribution < -0.4 is 10.3 Å². The molecule has 5 rings (SSSR count). The van der Waals surface area contributed by atoms with Gasteiger partial charge < -0.3 is 4.74 Å². The number of fused-ring (bicyclic) bond motifs is 3. The number of aromatic nitrogens is 4. The number of carbonyl (C=O) groups is 1. The predicted molar refractivity (Wildman–Crippen MR) is 121 cm³/mol. The van der Waals surface area contributed by atoms with Gasteiger partial charge in [-0.25, -0.2) is 4.39 Å². The highest BCUT2D eigenvalue weighted by molar-refractivity contribution is 6.09. The van der Waals surface area contributed by atoms with Crippen molar-refractivity contribution in [2.75, 3.05) is 0 Å². The van der Waals surface area contributed by atoms with E-state index in [1.165, 1.54) is 28.8 Å². The van der Waals surface area contributed by atoms with E-state index in [1.54, 1.807) is 31.3 Å². The Bertz CT molecular complexity index is 1570. The second kappa shape index (κ2) is 7.98. The number of aryl methyl sites for hydroxylation is 2. The molecule has 5 aromatic rings. The van der Waals surface area contributed by atoms with Crippen molar-refractivity contribution in [2.24, 2.45) is 7.05 Å². The van der Waals surface area contributed by atoms with Crippen molar-refractivity contribution in [2.45, 2.75) is 13.5 Å². The maximum Gasteiger partial charge on any atom is 0.262 e. The Hall–Kier alpha value is -4.33. The van der Waals surface area contributed by atoms with Crippen LogP contribution in [0.1, 0.15) is 27.3 Å². The third-order valence-corrected chi connectivity index (χ3v) is 5.53. The predicted octanol–water partition coefficient (Wildman–Crippen LogP) is 3.84. The highest BCUT2D eigenvalue weighted by Crippen LogP contribution is 2.19. The smallest absolute Gasteiger partial charge is 0.262 e. The monoisotopic (exact) mass is 442 g/mol. The van der Waals surface area contributed by atoms with Crippen molar-refractivity contribution < 1.29 is 13.9 Å². The van der Waals surface area contributed by atoms with E-state index in [1.807, 2.05) is 29.5 Å². The molecule has 0 aliphatic rings. The molecule has 2 aromatic heterocycles. The Morgan fingerprint density at radius 2 is 1.64 bits per heavy atom. The molecular formula is C25H19FN4O3. The Morgan fingerprint density at radius 3 is 2.33 bits per heavy atom. The van der Waals surface area contributed by atoms with Gasteiger partial charge in [-0.05, 0) is 67.6 Å². The molecule has 7 nitrogen and oxygen atoms in total. The van der Waals surface area contributed by atoms with Crippen LogP contribution in [-0.2, 0) is 13.7 Å². The molecule has 0 aliphatic heterocycles. The number of hydrogen-bond donors (Lipinski definition) is 0. The molecule has 0 amide bonds. The number of halogens is 1. The summed E-state index contributed by atoms with van der Waals surface area (Å²) in [6, 6.07) is 17.8. The van der Waals surface area contributed by atoms with Crippen LogP contribution in [-0.4, -0.2) is 24.9 Å². The topological polar surface area (TPSA) is 78.5 Å². The van der Waals surface area contributed by atoms with Crippen molar-refractivity contribution in [3.63, 3.8) is 0 Å². The van der Waals surface area contributed by atoms with Gasteiger partial charge in [-0.15, -0.1) is 10.2 Å². The van der Waals surface area contributed by atoms with Crippen LogP contribution in [0.5, 0.6) is 5.75 Å². The number of ether oxygens (including phenoxy) is 1. The Labute approximate surface area is 187 Å². The molecule has 0 N–H and O–H groups in total. The van der Waals surface area contributed by atoms with Gasteiger partial charge in [-0.2, -0.15) is 0 Å². The van der Waals surface area contributed by atoms with Crippen LogP contribution >= 0.6 is 0 Å². The first-order valence-corrected chi connectivity index (χ1v) is 10.3. The summed E-state index contributed by atoms with van der Waals surface area (Å²) in [5, 5.41) is 8.96. The van der Waals surface area contributed by atoms with Gasteiger partial charge in [0.15, 0.2) is 11.6 Å². The first-order chi connectivity index (χ1) is 15.9. The molecule has 3 aromatic carbocycles. The van der Waals surface area contributed by atoms with E-state index in [2.05, 4.69) is 10.2 Å². The van der Waals surface area contributed by atoms with Crippen LogP contribution in [0, 0.1) is 12.7 Å². The molecule has 0 radical (unpaired) electrons. The molecule has 164 valence electrons. The number of nitrogens with zero attached hydrogens (tertiary/aromatic N) is 4. The fourth-order valence-electron chi connectivity index (χ4n) is 3.77. The molecule has 33 heavy (non-hydrogen) atoms. The molecular weight excluding hydrogens is 423 g/mol. The minimum absolute atomic E-state index is 0.119. The van der Waals surface area contributed by atoms with Gasteiger partial charge in [0, 0.05) is 18.2 Å². The summed E-state index contributed by atoms with van der Waals surface area (Å²) in [5.74, 6) is 0.926. The first kappa shape index (κ1) is 20.6. The van der Waals surface area contributed by atoms with Gasteiger partial charge in [0.05, 0.1) is 10.9 Å². The lowest BCUT2D eigenvalue weighted by Crippen LogP contribution is -2.20. The molecule has 8 heteroatoms. The second-order valence-electron chi connectivity index (χ2n) is 7.79. The summed E-state index contributed by atoms with van der Waals surface area (Å²) < 4.78 is 22.3. The fourth-order valence-corrected chi connectivity index (χ4v) is 3.77. The number of ketones is 1. The van der Waals surface area contributed by atoms with Gasteiger partial charge >= 0.3 is 0 Å². The summed E-state index contributed by atoms with van der Waals surface area (Å²) in [7, 11) is 1.66. The zero-order valence-corrected chi connectivity index (χ0v) is 17.9. The summed E-state index contributed by atoms with van der Waals surface area (Å²) in [6.07, 6.45) is 0. The van der Waals surface area contributed by atoms with Crippen molar-refractivity contribution in [1.29, 1.82) is 0 Å². The summed E-state index contributed by atoms with van der Waals surface area (Å²) in [6.45, 7) is 2.05. The SMILES string of the molecule is Cc1ccc2c(c1)c(=O)n(C)c1nnc(COc3ccc(C(=O)c4ccc(F)cc4)cc3)n21. The van der Waals surface area contributed by atoms with E-state index in [-0.39, 0.29) is 23.8 Å². The maximum absolute atomic E-state index is 13.1. The molecule has 0 unspecified atom stereocenters. The van der Waals surface area contributed by atoms with Gasteiger partial charge in [0.2, 0.25) is 5.78 Å². The van der Waals surface area contributed by atoms with Gasteiger partial charge in [0.25, 0.3) is 5.56 Å². The van der Waals surface area contributed by atoms with Crippen molar-refractivity contribution >= 4 is 22.5 Å². The van der Waals surface area contributed by atoms with E-state index in [0.717, 1.165) is 5.56 Å². The van der Waals surface area contributed by atoms with Gasteiger partial charge in [-0.3, -0.25) is 18.6 Å². The second-order valence-corrected chi connectivity index (χ2v) is 7.79. The van der Waals surface area contributed by atoms with E-state index in [4.69, 9.17) is 4.74 Å². The Kier molecular flexibility index (Phi) is 4.97. The van der Waals surface area contributed by atoms with Crippen molar-refractivity contribution in [3.8, 4) is 5.75 Å². The van der Waals surface area contributed by atoms with Gasteiger partial charge in [-0.1, -0.05) is 11.6 Å². The third-order valence-electron chi connectivity index (χ3n) is 5.53. The normalized spacial score (nSPS) is 11.2. The van der Waals surface area contributed by atoms with E-state index >= 15 is 0 Å². The number of benzene rings is 3. The quantitative estimate of drug-likeness (QED) is 0.387. The zero-order valence-electron chi connectivity index (χ0n) is 17.9. The summed E-state index contributed by atoms with van der Waals surface area (Å²) in [4.78, 5) is 25.2. The van der Waals surface area contributed by atoms with Crippen LogP contribution in [0.15, 0.2) is 71.5 Å². The molecule has 0 saturated heterocycles. The third kappa shape index (κ3) is 3.65. The average Bonchev–Trinajstić information content (AvgIpc) is 3.26. The maximum atomic E-state index is 13.1. The molecule has 0 spiro atoms. The molecule has 0 saturated carbocycles. The summed E-state index contributed by atoms with van der Waals surface area (Å²) in [5.41, 5.74) is 2.44. The largest absolute Gasteiger partial charge is 0.486 e. The number of hydrogen-bond acceptors (Lipinski definition) is 5. The molecule has 2 heterocycles. The fraction of sp³-hybridized carbons (Fsp3) is 0.120. The highest BCUT2D eigenvalue weighted by Gasteiger charge is 2.15. The van der Waals surface area contributed by atoms with Gasteiger partial charge in [0.1, 0.15) is 18.2 Å². The van der Waals surface area contributed by atoms with Crippen LogP contribution in [0.3, 0.4) is 0 Å². The van der Waals surface area contributed by atoms with Crippen LogP contribution in [0.25, 0.3) is 16.7 Å². The lowest BCUT2D eigenvalue weighted by molar-refractivity contribution is 0.103. The van der Waals surface area contributed by atoms with E-state index < -0.39 is 0 Å². The highest BCUT2D eigenvalue weighted by atomic mass is 19.1. The molecule has 0 atom stereocenters. The molecule has 0 aliphatic carbocycles. The standard InChI is InChI=1S/C25H19FN4O3/c1-15-3-12-21-20(13-15)24(32)29(2)25-28-27-22(30(21)25)14-33-19-10-6-17(7-11-19)23(31)16-4-8-18(26)9-5-16/h3-13H,14H2,1-2H3. The first-order valence-electron chi connectivity index (χ1n) is 10.3. The van der Waals surface area contributed by atoms with Crippen LogP contribution in [0.4, 0.5) is 4.39 Å². The number of carbonyl (C=O) groups excluding carboxylic acids is 1. The van der Waals surface area contributed by atoms with Crippen molar-refractivity contribution in [3.05, 3.63) is 105 Å². The summed E-state index contributed by atoms with van der Waals surface area (Å²) >= 11 is 0. The molecule has 0 bridgehead atoms. The lowest BCUT2D eigenvalue weighted by atomic mass is 10.0. The van der Waals surface area contributed by atoms with Crippen LogP contribution in [0.2, 0.25) is 0 Å². The van der Waals surface area contributed by atoms with E-state index in [0.29, 0.717) is 39.4 Å². The van der Waals surface area contributed by atoms with E-state index in [9.17, 15) is 14.0 Å². The Balaban J connectivity index is 1.41. The lowest BCUT2D eigenvalue weighted by Gasteiger charge is -2.10.